The van der Waals surface area contributed by atoms with Gasteiger partial charge < -0.3 is 29.2 Å². The predicted octanol–water partition coefficient (Wildman–Crippen LogP) is 2.11. The van der Waals surface area contributed by atoms with Crippen molar-refractivity contribution in [2.45, 2.75) is 13.8 Å². The average molecular weight is 557 g/mol. The molecule has 1 aromatic carbocycles. The number of hydrogen-bond donors (Lipinski definition) is 2. The molecule has 12 nitrogen and oxygen atoms in total. The fourth-order valence-corrected chi connectivity index (χ4v) is 3.66. The van der Waals surface area contributed by atoms with Crippen LogP contribution in [0.15, 0.2) is 72.9 Å². The van der Waals surface area contributed by atoms with Gasteiger partial charge in [-0.25, -0.2) is 9.59 Å². The number of aliphatic carboxylic acids is 2. The Morgan fingerprint density at radius 3 is 1.52 bits per heavy atom. The number of carbonyl (C=O) groups excluding carboxylic acids is 4. The lowest BCUT2D eigenvalue weighted by Gasteiger charge is -2.39. The Balaban J connectivity index is 2.52. The molecule has 0 radical (unpaired) electrons. The summed E-state index contributed by atoms with van der Waals surface area (Å²) in [5.41, 5.74) is -5.69. The SMILES string of the molecule is C=C(C)C(=O)OCCOC(=O)C1(C(=O)OCCOC(=O)C(=C)C)C=CC(c2ccccc2)=CC1(C(=O)O)C(=O)O. The zero-order chi connectivity index (χ0) is 30.1. The van der Waals surface area contributed by atoms with Crippen molar-refractivity contribution in [2.75, 3.05) is 26.4 Å². The van der Waals surface area contributed by atoms with Gasteiger partial charge >= 0.3 is 35.8 Å². The molecule has 0 aliphatic heterocycles. The molecule has 2 N–H and O–H groups in total. The van der Waals surface area contributed by atoms with Gasteiger partial charge in [0.05, 0.1) is 0 Å². The lowest BCUT2D eigenvalue weighted by atomic mass is 9.59. The van der Waals surface area contributed by atoms with Gasteiger partial charge in [-0.3, -0.25) is 19.2 Å². The summed E-state index contributed by atoms with van der Waals surface area (Å²) in [4.78, 5) is 75.5. The summed E-state index contributed by atoms with van der Waals surface area (Å²) in [6.45, 7) is 7.25. The summed E-state index contributed by atoms with van der Waals surface area (Å²) >= 11 is 0. The maximum absolute atomic E-state index is 13.5. The van der Waals surface area contributed by atoms with Crippen LogP contribution < -0.4 is 0 Å². The Morgan fingerprint density at radius 1 is 0.700 bits per heavy atom. The van der Waals surface area contributed by atoms with E-state index in [1.807, 2.05) is 0 Å². The van der Waals surface area contributed by atoms with Crippen LogP contribution in [0.4, 0.5) is 0 Å². The molecule has 0 fully saturated rings. The number of ether oxygens (including phenoxy) is 4. The molecule has 0 spiro atoms. The van der Waals surface area contributed by atoms with Crippen molar-refractivity contribution in [2.24, 2.45) is 10.8 Å². The molecule has 0 amide bonds. The molecule has 12 heteroatoms. The van der Waals surface area contributed by atoms with Gasteiger partial charge in [-0.15, -0.1) is 0 Å². The van der Waals surface area contributed by atoms with Crippen LogP contribution in [0.2, 0.25) is 0 Å². The normalized spacial score (nSPS) is 14.6. The number of allylic oxidation sites excluding steroid dienone is 2. The van der Waals surface area contributed by atoms with Crippen LogP contribution in [0.3, 0.4) is 0 Å². The average Bonchev–Trinajstić information content (AvgIpc) is 2.92. The number of benzene rings is 1. The highest BCUT2D eigenvalue weighted by molar-refractivity contribution is 6.18. The van der Waals surface area contributed by atoms with Gasteiger partial charge in [0.25, 0.3) is 0 Å². The van der Waals surface area contributed by atoms with Crippen molar-refractivity contribution in [3.8, 4) is 0 Å². The van der Waals surface area contributed by atoms with Crippen molar-refractivity contribution in [1.82, 2.24) is 0 Å². The van der Waals surface area contributed by atoms with Crippen LogP contribution in [-0.2, 0) is 47.7 Å². The summed E-state index contributed by atoms with van der Waals surface area (Å²) in [5.74, 6) is -8.90. The molecule has 0 bridgehead atoms. The molecule has 0 saturated heterocycles. The first-order chi connectivity index (χ1) is 18.8. The summed E-state index contributed by atoms with van der Waals surface area (Å²) in [7, 11) is 0. The van der Waals surface area contributed by atoms with E-state index >= 15 is 0 Å². The summed E-state index contributed by atoms with van der Waals surface area (Å²) in [6, 6.07) is 8.06. The van der Waals surface area contributed by atoms with E-state index in [2.05, 4.69) is 13.2 Å². The molecular weight excluding hydrogens is 528 g/mol. The molecule has 2 rings (SSSR count). The Kier molecular flexibility index (Phi) is 10.3. The molecular formula is C28H28O12. The summed E-state index contributed by atoms with van der Waals surface area (Å²) < 4.78 is 19.8. The summed E-state index contributed by atoms with van der Waals surface area (Å²) in [6.07, 6.45) is 2.75. The number of esters is 4. The maximum Gasteiger partial charge on any atom is 0.333 e. The fourth-order valence-electron chi connectivity index (χ4n) is 3.66. The first-order valence-corrected chi connectivity index (χ1v) is 11.7. The first-order valence-electron chi connectivity index (χ1n) is 11.7. The van der Waals surface area contributed by atoms with Gasteiger partial charge in [0.1, 0.15) is 26.4 Å². The highest BCUT2D eigenvalue weighted by atomic mass is 16.6. The van der Waals surface area contributed by atoms with Crippen molar-refractivity contribution in [3.63, 3.8) is 0 Å². The van der Waals surface area contributed by atoms with E-state index in [4.69, 9.17) is 18.9 Å². The third-order valence-electron chi connectivity index (χ3n) is 5.73. The van der Waals surface area contributed by atoms with Gasteiger partial charge in [0.15, 0.2) is 0 Å². The zero-order valence-corrected chi connectivity index (χ0v) is 21.8. The smallest absolute Gasteiger partial charge is 0.333 e. The lowest BCUT2D eigenvalue weighted by molar-refractivity contribution is -0.191. The number of carboxylic acids is 2. The molecule has 1 aliphatic rings. The zero-order valence-electron chi connectivity index (χ0n) is 21.8. The number of carbonyl (C=O) groups is 6. The Morgan fingerprint density at radius 2 is 1.12 bits per heavy atom. The quantitative estimate of drug-likeness (QED) is 0.119. The second-order valence-electron chi connectivity index (χ2n) is 8.63. The molecule has 0 unspecified atom stereocenters. The molecule has 0 aromatic heterocycles. The molecule has 0 saturated carbocycles. The highest BCUT2D eigenvalue weighted by Gasteiger charge is 2.71. The third-order valence-corrected chi connectivity index (χ3v) is 5.73. The van der Waals surface area contributed by atoms with Gasteiger partial charge in [-0.05, 0) is 31.1 Å². The predicted molar refractivity (Wildman–Crippen MR) is 137 cm³/mol. The number of carboxylic acid groups (broad SMARTS) is 2. The van der Waals surface area contributed by atoms with E-state index in [1.54, 1.807) is 30.3 Å². The first kappa shape index (κ1) is 31.2. The maximum atomic E-state index is 13.5. The Labute approximate surface area is 229 Å². The standard InChI is InChI=1S/C28H28O12/c1-17(2)21(29)37-12-14-39-25(35)27(26(36)40-15-13-38-22(30)18(3)4)11-10-20(19-8-6-5-7-9-19)16-28(27,23(31)32)24(33)34/h5-11,16H,1,3,12-15H2,2,4H3,(H,31,32)(H,33,34). The number of hydrogen-bond acceptors (Lipinski definition) is 10. The van der Waals surface area contributed by atoms with E-state index in [9.17, 15) is 39.0 Å². The largest absolute Gasteiger partial charge is 0.480 e. The summed E-state index contributed by atoms with van der Waals surface area (Å²) in [5, 5.41) is 20.5. The second-order valence-corrected chi connectivity index (χ2v) is 8.63. The minimum absolute atomic E-state index is 0.0586. The number of rotatable bonds is 13. The molecule has 0 heterocycles. The van der Waals surface area contributed by atoms with Crippen molar-refractivity contribution in [3.05, 3.63) is 78.4 Å². The monoisotopic (exact) mass is 556 g/mol. The Bertz CT molecular complexity index is 1230. The van der Waals surface area contributed by atoms with Gasteiger partial charge in [0.2, 0.25) is 10.8 Å². The van der Waals surface area contributed by atoms with E-state index in [0.29, 0.717) is 5.56 Å². The second kappa shape index (κ2) is 13.2. The molecule has 1 aromatic rings. The van der Waals surface area contributed by atoms with Gasteiger partial charge in [-0.2, -0.15) is 0 Å². The van der Waals surface area contributed by atoms with Crippen LogP contribution >= 0.6 is 0 Å². The van der Waals surface area contributed by atoms with Gasteiger partial charge in [-0.1, -0.05) is 55.6 Å². The van der Waals surface area contributed by atoms with E-state index in [1.165, 1.54) is 19.9 Å². The molecule has 0 atom stereocenters. The third kappa shape index (κ3) is 6.34. The van der Waals surface area contributed by atoms with Crippen molar-refractivity contribution >= 4 is 41.4 Å². The minimum Gasteiger partial charge on any atom is -0.480 e. The minimum atomic E-state index is -3.23. The van der Waals surface area contributed by atoms with Crippen LogP contribution in [-0.4, -0.2) is 72.5 Å². The van der Waals surface area contributed by atoms with Crippen LogP contribution in [0.25, 0.3) is 5.57 Å². The highest BCUT2D eigenvalue weighted by Crippen LogP contribution is 2.50. The lowest BCUT2D eigenvalue weighted by Crippen LogP contribution is -2.61. The topological polar surface area (TPSA) is 180 Å². The molecule has 40 heavy (non-hydrogen) atoms. The molecule has 212 valence electrons. The fraction of sp³-hybridized carbons (Fsp3) is 0.286. The van der Waals surface area contributed by atoms with Crippen LogP contribution in [0.5, 0.6) is 0 Å². The van der Waals surface area contributed by atoms with E-state index < -0.39 is 73.1 Å². The van der Waals surface area contributed by atoms with Crippen molar-refractivity contribution in [1.29, 1.82) is 0 Å². The van der Waals surface area contributed by atoms with Crippen LogP contribution in [0.1, 0.15) is 19.4 Å². The van der Waals surface area contributed by atoms with Crippen molar-refractivity contribution < 1.29 is 57.9 Å². The molecule has 1 aliphatic carbocycles. The van der Waals surface area contributed by atoms with Crippen LogP contribution in [0, 0.1) is 10.8 Å². The van der Waals surface area contributed by atoms with Gasteiger partial charge in [0, 0.05) is 11.1 Å². The van der Waals surface area contributed by atoms with E-state index in [-0.39, 0.29) is 16.7 Å². The van der Waals surface area contributed by atoms with E-state index in [0.717, 1.165) is 12.2 Å². The Hall–Kier alpha value is -5.00.